The molecule has 3 rings (SSSR count). The van der Waals surface area contributed by atoms with Crippen LogP contribution in [-0.2, 0) is 16.0 Å². The number of hydrogen-bond acceptors (Lipinski definition) is 6. The van der Waals surface area contributed by atoms with Gasteiger partial charge in [-0.05, 0) is 56.2 Å². The minimum atomic E-state index is -0.478. The fourth-order valence-electron chi connectivity index (χ4n) is 3.08. The summed E-state index contributed by atoms with van der Waals surface area (Å²) in [7, 11) is 1.31. The molecule has 154 valence electrons. The van der Waals surface area contributed by atoms with Gasteiger partial charge in [0.1, 0.15) is 5.82 Å². The number of aryl methyl sites for hydroxylation is 2. The summed E-state index contributed by atoms with van der Waals surface area (Å²) in [5, 5.41) is 2.74. The number of H-pyrrole nitrogens is 1. The van der Waals surface area contributed by atoms with E-state index in [1.54, 1.807) is 43.6 Å². The number of carbonyl (C=O) groups is 2. The van der Waals surface area contributed by atoms with Gasteiger partial charge in [0, 0.05) is 34.9 Å². The van der Waals surface area contributed by atoms with Gasteiger partial charge >= 0.3 is 5.97 Å². The van der Waals surface area contributed by atoms with E-state index in [1.165, 1.54) is 7.11 Å². The first kappa shape index (κ1) is 20.9. The Kier molecular flexibility index (Phi) is 6.06. The number of nitrogens with zero attached hydrogens (tertiary/aromatic N) is 2. The summed E-state index contributed by atoms with van der Waals surface area (Å²) in [6, 6.07) is 6.86. The molecule has 1 aromatic carbocycles. The fourth-order valence-corrected chi connectivity index (χ4v) is 3.08. The predicted octanol–water partition coefficient (Wildman–Crippen LogP) is 2.72. The van der Waals surface area contributed by atoms with Gasteiger partial charge in [-0.15, -0.1) is 0 Å². The topological polar surface area (TPSA) is 114 Å². The van der Waals surface area contributed by atoms with Crippen molar-refractivity contribution in [2.24, 2.45) is 0 Å². The van der Waals surface area contributed by atoms with Gasteiger partial charge in [-0.2, -0.15) is 0 Å². The number of methoxy groups -OCH3 is 1. The first-order chi connectivity index (χ1) is 14.3. The molecule has 2 N–H and O–H groups in total. The summed E-state index contributed by atoms with van der Waals surface area (Å²) in [6.45, 7) is 5.34. The number of anilines is 1. The molecule has 0 spiro atoms. The molecule has 0 radical (unpaired) electrons. The molecule has 0 aliphatic rings. The lowest BCUT2D eigenvalue weighted by atomic mass is 10.0. The summed E-state index contributed by atoms with van der Waals surface area (Å²) in [5.74, 6) is -0.473. The van der Waals surface area contributed by atoms with Gasteiger partial charge < -0.3 is 15.0 Å². The molecule has 0 aliphatic heterocycles. The van der Waals surface area contributed by atoms with Crippen LogP contribution in [0.1, 0.15) is 32.7 Å². The highest BCUT2D eigenvalue weighted by atomic mass is 16.5. The molecular weight excluding hydrogens is 384 g/mol. The van der Waals surface area contributed by atoms with Crippen LogP contribution in [0.2, 0.25) is 0 Å². The van der Waals surface area contributed by atoms with Crippen molar-refractivity contribution in [1.29, 1.82) is 0 Å². The lowest BCUT2D eigenvalue weighted by Gasteiger charge is -2.12. The zero-order valence-electron chi connectivity index (χ0n) is 17.2. The van der Waals surface area contributed by atoms with Crippen LogP contribution in [0.15, 0.2) is 41.5 Å². The molecule has 0 saturated carbocycles. The monoisotopic (exact) mass is 406 g/mol. The number of benzene rings is 1. The molecule has 8 nitrogen and oxygen atoms in total. The van der Waals surface area contributed by atoms with Crippen LogP contribution < -0.4 is 10.9 Å². The molecule has 1 amide bonds. The number of amides is 1. The summed E-state index contributed by atoms with van der Waals surface area (Å²) in [6.07, 6.45) is 3.08. The molecule has 0 fully saturated rings. The second-order valence-corrected chi connectivity index (χ2v) is 6.90. The van der Waals surface area contributed by atoms with Crippen LogP contribution in [0.5, 0.6) is 0 Å². The second-order valence-electron chi connectivity index (χ2n) is 6.90. The Bertz CT molecular complexity index is 1170. The van der Waals surface area contributed by atoms with Crippen LogP contribution >= 0.6 is 0 Å². The van der Waals surface area contributed by atoms with Crippen molar-refractivity contribution in [2.45, 2.75) is 27.2 Å². The molecular formula is C22H22N4O4. The highest BCUT2D eigenvalue weighted by Crippen LogP contribution is 2.21. The summed E-state index contributed by atoms with van der Waals surface area (Å²) in [4.78, 5) is 48.2. The van der Waals surface area contributed by atoms with E-state index in [0.29, 0.717) is 28.3 Å². The molecule has 30 heavy (non-hydrogen) atoms. The standard InChI is InChI=1S/C22H22N4O4/c1-12-8-16(9-17(13(12)2)22(29)30-4)25-19(27)10-18-14(3)24-20(26-21(18)28)15-6-5-7-23-11-15/h5-9,11H,10H2,1-4H3,(H,25,27)(H,24,26,28). The second kappa shape index (κ2) is 8.69. The first-order valence-corrected chi connectivity index (χ1v) is 9.29. The van der Waals surface area contributed by atoms with Gasteiger partial charge in [0.15, 0.2) is 0 Å². The van der Waals surface area contributed by atoms with Gasteiger partial charge in [0.25, 0.3) is 5.56 Å². The summed E-state index contributed by atoms with van der Waals surface area (Å²) < 4.78 is 4.80. The SMILES string of the molecule is COC(=O)c1cc(NC(=O)Cc2c(C)nc(-c3cccnc3)[nH]c2=O)cc(C)c1C. The van der Waals surface area contributed by atoms with E-state index >= 15 is 0 Å². The van der Waals surface area contributed by atoms with Crippen LogP contribution in [0.25, 0.3) is 11.4 Å². The number of hydrogen-bond donors (Lipinski definition) is 2. The van der Waals surface area contributed by atoms with E-state index in [9.17, 15) is 14.4 Å². The van der Waals surface area contributed by atoms with E-state index in [1.807, 2.05) is 13.8 Å². The Balaban J connectivity index is 1.83. The highest BCUT2D eigenvalue weighted by molar-refractivity contribution is 5.96. The van der Waals surface area contributed by atoms with Crippen LogP contribution in [0, 0.1) is 20.8 Å². The highest BCUT2D eigenvalue weighted by Gasteiger charge is 2.16. The van der Waals surface area contributed by atoms with Gasteiger partial charge in [-0.1, -0.05) is 0 Å². The third-order valence-corrected chi connectivity index (χ3v) is 4.85. The molecule has 8 heteroatoms. The Labute approximate surface area is 173 Å². The van der Waals surface area contributed by atoms with Crippen molar-refractivity contribution < 1.29 is 14.3 Å². The Morgan fingerprint density at radius 1 is 1.20 bits per heavy atom. The molecule has 3 aromatic rings. The van der Waals surface area contributed by atoms with Crippen LogP contribution in [0.4, 0.5) is 5.69 Å². The molecule has 2 aromatic heterocycles. The number of ether oxygens (including phenoxy) is 1. The molecule has 0 atom stereocenters. The maximum Gasteiger partial charge on any atom is 0.338 e. The first-order valence-electron chi connectivity index (χ1n) is 9.29. The molecule has 0 aliphatic carbocycles. The van der Waals surface area contributed by atoms with E-state index in [0.717, 1.165) is 11.1 Å². The normalized spacial score (nSPS) is 10.5. The van der Waals surface area contributed by atoms with Crippen LogP contribution in [-0.4, -0.2) is 33.9 Å². The number of nitrogens with one attached hydrogen (secondary N) is 2. The van der Waals surface area contributed by atoms with Crippen molar-refractivity contribution >= 4 is 17.6 Å². The maximum atomic E-state index is 12.6. The smallest absolute Gasteiger partial charge is 0.338 e. The van der Waals surface area contributed by atoms with Gasteiger partial charge in [-0.3, -0.25) is 14.6 Å². The van der Waals surface area contributed by atoms with E-state index in [4.69, 9.17) is 4.74 Å². The zero-order valence-corrected chi connectivity index (χ0v) is 17.2. The van der Waals surface area contributed by atoms with Crippen molar-refractivity contribution in [3.8, 4) is 11.4 Å². The van der Waals surface area contributed by atoms with Crippen molar-refractivity contribution in [1.82, 2.24) is 15.0 Å². The minimum Gasteiger partial charge on any atom is -0.465 e. The van der Waals surface area contributed by atoms with Crippen LogP contribution in [0.3, 0.4) is 0 Å². The van der Waals surface area contributed by atoms with Crippen molar-refractivity contribution in [3.63, 3.8) is 0 Å². The number of aromatic nitrogens is 3. The Morgan fingerprint density at radius 2 is 1.97 bits per heavy atom. The quantitative estimate of drug-likeness (QED) is 0.630. The van der Waals surface area contributed by atoms with E-state index < -0.39 is 11.9 Å². The number of aromatic amines is 1. The van der Waals surface area contributed by atoms with Gasteiger partial charge in [-0.25, -0.2) is 9.78 Å². The van der Waals surface area contributed by atoms with Crippen molar-refractivity contribution in [3.05, 3.63) is 75.0 Å². The van der Waals surface area contributed by atoms with Gasteiger partial charge in [0.2, 0.25) is 5.91 Å². The summed E-state index contributed by atoms with van der Waals surface area (Å²) >= 11 is 0. The number of carbonyl (C=O) groups excluding carboxylic acids is 2. The Morgan fingerprint density at radius 3 is 2.60 bits per heavy atom. The third-order valence-electron chi connectivity index (χ3n) is 4.85. The lowest BCUT2D eigenvalue weighted by Crippen LogP contribution is -2.24. The lowest BCUT2D eigenvalue weighted by molar-refractivity contribution is -0.115. The zero-order chi connectivity index (χ0) is 21.8. The van der Waals surface area contributed by atoms with Gasteiger partial charge in [0.05, 0.1) is 19.1 Å². The number of esters is 1. The average molecular weight is 406 g/mol. The largest absolute Gasteiger partial charge is 0.465 e. The fraction of sp³-hybridized carbons (Fsp3) is 0.227. The molecule has 2 heterocycles. The van der Waals surface area contributed by atoms with Crippen molar-refractivity contribution in [2.75, 3.05) is 12.4 Å². The average Bonchev–Trinajstić information content (AvgIpc) is 2.73. The van der Waals surface area contributed by atoms with E-state index in [-0.39, 0.29) is 17.5 Å². The summed E-state index contributed by atoms with van der Waals surface area (Å²) in [5.41, 5.74) is 3.49. The third kappa shape index (κ3) is 4.43. The molecule has 0 unspecified atom stereocenters. The van der Waals surface area contributed by atoms with E-state index in [2.05, 4.69) is 20.3 Å². The number of rotatable bonds is 5. The Hall–Kier alpha value is -3.81. The predicted molar refractivity (Wildman–Crippen MR) is 112 cm³/mol. The maximum absolute atomic E-state index is 12.6. The number of pyridine rings is 1. The minimum absolute atomic E-state index is 0.151. The molecule has 0 saturated heterocycles. The molecule has 0 bridgehead atoms.